The first-order valence-electron chi connectivity index (χ1n) is 4.72. The van der Waals surface area contributed by atoms with Gasteiger partial charge in [-0.15, -0.1) is 0 Å². The number of anilines is 1. The van der Waals surface area contributed by atoms with Crippen molar-refractivity contribution in [3.63, 3.8) is 0 Å². The zero-order valence-electron chi connectivity index (χ0n) is 8.95. The molecule has 1 aromatic carbocycles. The Balaban J connectivity index is 2.37. The van der Waals surface area contributed by atoms with Crippen LogP contribution in [0.15, 0.2) is 28.8 Å². The maximum absolute atomic E-state index is 13.4. The molecule has 0 fully saturated rings. The van der Waals surface area contributed by atoms with Crippen LogP contribution in [0.3, 0.4) is 0 Å². The summed E-state index contributed by atoms with van der Waals surface area (Å²) in [5.41, 5.74) is 0.618. The number of aromatic nitrogens is 1. The minimum absolute atomic E-state index is 0.206. The lowest BCUT2D eigenvalue weighted by Crippen LogP contribution is -1.88. The number of methoxy groups -OCH3 is 1. The Labute approximate surface area is 92.1 Å². The summed E-state index contributed by atoms with van der Waals surface area (Å²) in [5.74, 6) is 0.283. The molecule has 84 valence electrons. The summed E-state index contributed by atoms with van der Waals surface area (Å²) in [7, 11) is 3.12. The van der Waals surface area contributed by atoms with Crippen molar-refractivity contribution < 1.29 is 13.5 Å². The molecule has 0 atom stereocenters. The van der Waals surface area contributed by atoms with E-state index in [1.165, 1.54) is 19.4 Å². The average molecular weight is 222 g/mol. The van der Waals surface area contributed by atoms with Crippen LogP contribution < -0.4 is 10.1 Å². The third-order valence-electron chi connectivity index (χ3n) is 2.16. The largest absolute Gasteiger partial charge is 0.494 e. The topological polar surface area (TPSA) is 47.3 Å². The summed E-state index contributed by atoms with van der Waals surface area (Å²) < 4.78 is 23.6. The SMILES string of the molecule is CNc1ncc(-c2ccc(OC)c(F)c2)o1. The molecule has 16 heavy (non-hydrogen) atoms. The van der Waals surface area contributed by atoms with Crippen LogP contribution in [0, 0.1) is 5.82 Å². The van der Waals surface area contributed by atoms with Crippen molar-refractivity contribution >= 4 is 6.01 Å². The second-order valence-corrected chi connectivity index (χ2v) is 3.13. The molecule has 0 aliphatic heterocycles. The number of benzene rings is 1. The van der Waals surface area contributed by atoms with Crippen molar-refractivity contribution in [2.24, 2.45) is 0 Å². The summed E-state index contributed by atoms with van der Waals surface area (Å²) in [5, 5.41) is 2.76. The highest BCUT2D eigenvalue weighted by atomic mass is 19.1. The molecule has 0 aliphatic carbocycles. The Morgan fingerprint density at radius 3 is 2.81 bits per heavy atom. The van der Waals surface area contributed by atoms with Gasteiger partial charge in [-0.3, -0.25) is 0 Å². The normalized spacial score (nSPS) is 10.2. The van der Waals surface area contributed by atoms with Crippen LogP contribution in [-0.4, -0.2) is 19.1 Å². The van der Waals surface area contributed by atoms with Crippen molar-refractivity contribution in [3.8, 4) is 17.1 Å². The van der Waals surface area contributed by atoms with E-state index in [0.29, 0.717) is 17.3 Å². The number of ether oxygens (including phenoxy) is 1. The minimum Gasteiger partial charge on any atom is -0.494 e. The maximum Gasteiger partial charge on any atom is 0.294 e. The van der Waals surface area contributed by atoms with Gasteiger partial charge in [0.05, 0.1) is 13.3 Å². The number of halogens is 1. The van der Waals surface area contributed by atoms with Crippen molar-refractivity contribution in [1.82, 2.24) is 4.98 Å². The highest BCUT2D eigenvalue weighted by molar-refractivity contribution is 5.58. The molecule has 0 saturated heterocycles. The minimum atomic E-state index is -0.428. The highest BCUT2D eigenvalue weighted by Crippen LogP contribution is 2.26. The molecule has 4 nitrogen and oxygen atoms in total. The molecule has 0 unspecified atom stereocenters. The number of hydrogen-bond donors (Lipinski definition) is 1. The van der Waals surface area contributed by atoms with Crippen LogP contribution in [0.25, 0.3) is 11.3 Å². The van der Waals surface area contributed by atoms with Gasteiger partial charge in [-0.05, 0) is 18.2 Å². The van der Waals surface area contributed by atoms with Gasteiger partial charge in [-0.2, -0.15) is 0 Å². The van der Waals surface area contributed by atoms with Crippen molar-refractivity contribution in [3.05, 3.63) is 30.2 Å². The summed E-state index contributed by atoms with van der Waals surface area (Å²) in [6.07, 6.45) is 1.53. The molecule has 0 bridgehead atoms. The van der Waals surface area contributed by atoms with Gasteiger partial charge in [0.2, 0.25) is 0 Å². The van der Waals surface area contributed by atoms with E-state index in [0.717, 1.165) is 0 Å². The Kier molecular flexibility index (Phi) is 2.76. The van der Waals surface area contributed by atoms with Gasteiger partial charge >= 0.3 is 0 Å². The first-order chi connectivity index (χ1) is 7.74. The third kappa shape index (κ3) is 1.84. The van der Waals surface area contributed by atoms with E-state index in [2.05, 4.69) is 10.3 Å². The fourth-order valence-corrected chi connectivity index (χ4v) is 1.34. The second-order valence-electron chi connectivity index (χ2n) is 3.13. The molecular weight excluding hydrogens is 211 g/mol. The Hall–Kier alpha value is -2.04. The fourth-order valence-electron chi connectivity index (χ4n) is 1.34. The number of nitrogens with one attached hydrogen (secondary N) is 1. The fraction of sp³-hybridized carbons (Fsp3) is 0.182. The van der Waals surface area contributed by atoms with Crippen LogP contribution in [-0.2, 0) is 0 Å². The zero-order chi connectivity index (χ0) is 11.5. The third-order valence-corrected chi connectivity index (χ3v) is 2.16. The monoisotopic (exact) mass is 222 g/mol. The van der Waals surface area contributed by atoms with E-state index in [1.807, 2.05) is 0 Å². The van der Waals surface area contributed by atoms with E-state index >= 15 is 0 Å². The molecule has 1 heterocycles. The van der Waals surface area contributed by atoms with Gasteiger partial charge in [-0.1, -0.05) is 0 Å². The van der Waals surface area contributed by atoms with Crippen LogP contribution in [0.2, 0.25) is 0 Å². The first-order valence-corrected chi connectivity index (χ1v) is 4.72. The second kappa shape index (κ2) is 4.22. The van der Waals surface area contributed by atoms with E-state index < -0.39 is 5.82 Å². The highest BCUT2D eigenvalue weighted by Gasteiger charge is 2.09. The first kappa shape index (κ1) is 10.5. The average Bonchev–Trinajstić information content (AvgIpc) is 2.77. The lowest BCUT2D eigenvalue weighted by Gasteiger charge is -2.02. The lowest BCUT2D eigenvalue weighted by molar-refractivity contribution is 0.386. The van der Waals surface area contributed by atoms with Crippen LogP contribution in [0.4, 0.5) is 10.4 Å². The summed E-state index contributed by atoms with van der Waals surface area (Å²) in [4.78, 5) is 3.95. The Morgan fingerprint density at radius 1 is 1.44 bits per heavy atom. The van der Waals surface area contributed by atoms with E-state index in [4.69, 9.17) is 9.15 Å². The Bertz CT molecular complexity index is 496. The standard InChI is InChI=1S/C11H11FN2O2/c1-13-11-14-6-10(16-11)7-3-4-9(15-2)8(12)5-7/h3-6H,1-2H3,(H,13,14). The molecular formula is C11H11FN2O2. The van der Waals surface area contributed by atoms with Gasteiger partial charge in [0.1, 0.15) is 0 Å². The lowest BCUT2D eigenvalue weighted by atomic mass is 10.2. The molecule has 2 aromatic rings. The molecule has 5 heteroatoms. The van der Waals surface area contributed by atoms with Gasteiger partial charge in [-0.25, -0.2) is 9.37 Å². The van der Waals surface area contributed by atoms with Crippen LogP contribution >= 0.6 is 0 Å². The molecule has 1 aromatic heterocycles. The predicted molar refractivity (Wildman–Crippen MR) is 58.0 cm³/mol. The van der Waals surface area contributed by atoms with Crippen LogP contribution in [0.1, 0.15) is 0 Å². The molecule has 0 amide bonds. The molecule has 0 spiro atoms. The van der Waals surface area contributed by atoms with E-state index in [1.54, 1.807) is 19.2 Å². The van der Waals surface area contributed by atoms with Gasteiger partial charge in [0, 0.05) is 12.6 Å². The van der Waals surface area contributed by atoms with Crippen LogP contribution in [0.5, 0.6) is 5.75 Å². The molecule has 0 saturated carbocycles. The number of rotatable bonds is 3. The summed E-state index contributed by atoms with van der Waals surface area (Å²) >= 11 is 0. The Morgan fingerprint density at radius 2 is 2.25 bits per heavy atom. The van der Waals surface area contributed by atoms with Gasteiger partial charge in [0.15, 0.2) is 17.3 Å². The van der Waals surface area contributed by atoms with E-state index in [-0.39, 0.29) is 5.75 Å². The molecule has 2 rings (SSSR count). The molecule has 1 N–H and O–H groups in total. The predicted octanol–water partition coefficient (Wildman–Crippen LogP) is 2.53. The number of oxazole rings is 1. The van der Waals surface area contributed by atoms with E-state index in [9.17, 15) is 4.39 Å². The number of nitrogens with zero attached hydrogens (tertiary/aromatic N) is 1. The quantitative estimate of drug-likeness (QED) is 0.866. The summed E-state index contributed by atoms with van der Waals surface area (Å²) in [6.45, 7) is 0. The maximum atomic E-state index is 13.4. The van der Waals surface area contributed by atoms with Crippen molar-refractivity contribution in [2.75, 3.05) is 19.5 Å². The van der Waals surface area contributed by atoms with Gasteiger partial charge < -0.3 is 14.5 Å². The van der Waals surface area contributed by atoms with Crippen molar-refractivity contribution in [2.45, 2.75) is 0 Å². The molecule has 0 radical (unpaired) electrons. The molecule has 0 aliphatic rings. The summed E-state index contributed by atoms with van der Waals surface area (Å²) in [6, 6.07) is 5.00. The van der Waals surface area contributed by atoms with Crippen molar-refractivity contribution in [1.29, 1.82) is 0 Å². The number of hydrogen-bond acceptors (Lipinski definition) is 4. The smallest absolute Gasteiger partial charge is 0.294 e. The van der Waals surface area contributed by atoms with Gasteiger partial charge in [0.25, 0.3) is 6.01 Å². The zero-order valence-corrected chi connectivity index (χ0v) is 8.95.